The molecular weight excluding hydrogens is 308 g/mol. The molecule has 0 aliphatic heterocycles. The van der Waals surface area contributed by atoms with Gasteiger partial charge in [0.15, 0.2) is 0 Å². The summed E-state index contributed by atoms with van der Waals surface area (Å²) in [6.45, 7) is 0. The van der Waals surface area contributed by atoms with E-state index in [0.717, 1.165) is 36.3 Å². The predicted molar refractivity (Wildman–Crippen MR) is 69.5 cm³/mol. The van der Waals surface area contributed by atoms with Crippen LogP contribution in [-0.2, 0) is 4.79 Å². The topological polar surface area (TPSA) is 17.1 Å². The fraction of sp³-hybridized carbons (Fsp3) is 0.909. The molecule has 0 rings (SSSR count). The van der Waals surface area contributed by atoms with E-state index in [2.05, 4.69) is 31.9 Å². The molecule has 0 aromatic rings. The summed E-state index contributed by atoms with van der Waals surface area (Å²) in [5.74, 6) is 0.453. The third-order valence-electron chi connectivity index (χ3n) is 2.18. The highest BCUT2D eigenvalue weighted by molar-refractivity contribution is 9.09. The van der Waals surface area contributed by atoms with Crippen molar-refractivity contribution >= 4 is 37.6 Å². The van der Waals surface area contributed by atoms with Crippen LogP contribution >= 0.6 is 31.9 Å². The molecule has 0 saturated heterocycles. The molecule has 0 aliphatic carbocycles. The van der Waals surface area contributed by atoms with Gasteiger partial charge in [-0.05, 0) is 25.7 Å². The van der Waals surface area contributed by atoms with Gasteiger partial charge in [0.25, 0.3) is 0 Å². The van der Waals surface area contributed by atoms with Crippen LogP contribution in [0.3, 0.4) is 0 Å². The van der Waals surface area contributed by atoms with Gasteiger partial charge in [0.1, 0.15) is 5.78 Å². The lowest BCUT2D eigenvalue weighted by Crippen LogP contribution is -1.97. The maximum Gasteiger partial charge on any atom is 0.132 e. The summed E-state index contributed by atoms with van der Waals surface area (Å²) in [7, 11) is 0. The number of hydrogen-bond donors (Lipinski definition) is 0. The van der Waals surface area contributed by atoms with Crippen LogP contribution in [0.4, 0.5) is 0 Å². The second kappa shape index (κ2) is 11.7. The van der Waals surface area contributed by atoms with Crippen LogP contribution in [0.15, 0.2) is 0 Å². The molecule has 0 radical (unpaired) electrons. The Hall–Kier alpha value is 0.630. The highest BCUT2D eigenvalue weighted by Crippen LogP contribution is 2.08. The second-order valence-corrected chi connectivity index (χ2v) is 5.12. The quantitative estimate of drug-likeness (QED) is 0.427. The molecule has 0 bridgehead atoms. The minimum absolute atomic E-state index is 0.453. The molecule has 0 aromatic heterocycles. The molecule has 14 heavy (non-hydrogen) atoms. The molecule has 0 saturated carbocycles. The van der Waals surface area contributed by atoms with Gasteiger partial charge in [-0.3, -0.25) is 4.79 Å². The van der Waals surface area contributed by atoms with Crippen LogP contribution in [0.1, 0.15) is 51.4 Å². The average molecular weight is 328 g/mol. The SMILES string of the molecule is O=C(CCCCCBr)CCCCCBr. The molecule has 0 spiro atoms. The molecule has 84 valence electrons. The zero-order chi connectivity index (χ0) is 10.6. The van der Waals surface area contributed by atoms with Gasteiger partial charge in [0.2, 0.25) is 0 Å². The van der Waals surface area contributed by atoms with E-state index in [1.165, 1.54) is 25.7 Å². The summed E-state index contributed by atoms with van der Waals surface area (Å²) >= 11 is 6.77. The van der Waals surface area contributed by atoms with Gasteiger partial charge in [-0.15, -0.1) is 0 Å². The lowest BCUT2D eigenvalue weighted by molar-refractivity contribution is -0.119. The summed E-state index contributed by atoms with van der Waals surface area (Å²) in [5.41, 5.74) is 0. The molecule has 0 heterocycles. The third kappa shape index (κ3) is 10.7. The van der Waals surface area contributed by atoms with Gasteiger partial charge in [0, 0.05) is 23.5 Å². The number of carbonyl (C=O) groups is 1. The Labute approximate surface area is 104 Å². The lowest BCUT2D eigenvalue weighted by atomic mass is 10.1. The Morgan fingerprint density at radius 2 is 1.14 bits per heavy atom. The molecule has 0 aromatic carbocycles. The first-order valence-electron chi connectivity index (χ1n) is 5.45. The number of hydrogen-bond acceptors (Lipinski definition) is 1. The normalized spacial score (nSPS) is 10.4. The van der Waals surface area contributed by atoms with Gasteiger partial charge < -0.3 is 0 Å². The first-order chi connectivity index (χ1) is 6.81. The van der Waals surface area contributed by atoms with E-state index in [1.807, 2.05) is 0 Å². The Kier molecular flexibility index (Phi) is 12.2. The van der Waals surface area contributed by atoms with E-state index in [1.54, 1.807) is 0 Å². The Morgan fingerprint density at radius 1 is 0.714 bits per heavy atom. The number of unbranched alkanes of at least 4 members (excludes halogenated alkanes) is 4. The van der Waals surface area contributed by atoms with Crippen molar-refractivity contribution in [1.82, 2.24) is 0 Å². The zero-order valence-electron chi connectivity index (χ0n) is 8.74. The maximum absolute atomic E-state index is 11.3. The van der Waals surface area contributed by atoms with E-state index >= 15 is 0 Å². The molecule has 0 aliphatic rings. The van der Waals surface area contributed by atoms with Gasteiger partial charge in [-0.25, -0.2) is 0 Å². The van der Waals surface area contributed by atoms with Crippen LogP contribution in [-0.4, -0.2) is 16.4 Å². The van der Waals surface area contributed by atoms with Crippen LogP contribution in [0.5, 0.6) is 0 Å². The molecule has 0 N–H and O–H groups in total. The number of rotatable bonds is 10. The van der Waals surface area contributed by atoms with Crippen LogP contribution < -0.4 is 0 Å². The zero-order valence-corrected chi connectivity index (χ0v) is 11.9. The maximum atomic E-state index is 11.3. The number of halogens is 2. The van der Waals surface area contributed by atoms with E-state index in [9.17, 15) is 4.79 Å². The Balaban J connectivity index is 3.11. The summed E-state index contributed by atoms with van der Waals surface area (Å²) in [5, 5.41) is 2.12. The molecule has 0 unspecified atom stereocenters. The van der Waals surface area contributed by atoms with Crippen LogP contribution in [0.25, 0.3) is 0 Å². The van der Waals surface area contributed by atoms with Gasteiger partial charge >= 0.3 is 0 Å². The first-order valence-corrected chi connectivity index (χ1v) is 7.69. The predicted octanol–water partition coefficient (Wildman–Crippen LogP) is 4.47. The van der Waals surface area contributed by atoms with Gasteiger partial charge in [-0.2, -0.15) is 0 Å². The molecule has 1 nitrogen and oxygen atoms in total. The molecule has 0 fully saturated rings. The summed E-state index contributed by atoms with van der Waals surface area (Å²) in [6.07, 6.45) is 8.47. The highest BCUT2D eigenvalue weighted by Gasteiger charge is 2.00. The Bertz CT molecular complexity index is 123. The summed E-state index contributed by atoms with van der Waals surface area (Å²) in [4.78, 5) is 11.3. The summed E-state index contributed by atoms with van der Waals surface area (Å²) < 4.78 is 0. The van der Waals surface area contributed by atoms with Gasteiger partial charge in [0.05, 0.1) is 0 Å². The van der Waals surface area contributed by atoms with E-state index in [-0.39, 0.29) is 0 Å². The van der Waals surface area contributed by atoms with E-state index in [0.29, 0.717) is 5.78 Å². The van der Waals surface area contributed by atoms with Crippen molar-refractivity contribution in [1.29, 1.82) is 0 Å². The lowest BCUT2D eigenvalue weighted by Gasteiger charge is -2.00. The van der Waals surface area contributed by atoms with Crippen molar-refractivity contribution in [3.63, 3.8) is 0 Å². The minimum atomic E-state index is 0.453. The van der Waals surface area contributed by atoms with Crippen molar-refractivity contribution in [2.24, 2.45) is 0 Å². The number of ketones is 1. The first kappa shape index (κ1) is 14.6. The third-order valence-corrected chi connectivity index (χ3v) is 3.30. The number of Topliss-reactive ketones (excluding diaryl/α,β-unsaturated/α-hetero) is 1. The number of carbonyl (C=O) groups excluding carboxylic acids is 1. The average Bonchev–Trinajstić information content (AvgIpc) is 2.19. The van der Waals surface area contributed by atoms with Crippen LogP contribution in [0.2, 0.25) is 0 Å². The fourth-order valence-corrected chi connectivity index (χ4v) is 2.10. The standard InChI is InChI=1S/C11H20Br2O/c12-9-5-1-3-7-11(14)8-4-2-6-10-13/h1-10H2. The molecular formula is C11H20Br2O. The van der Waals surface area contributed by atoms with Crippen molar-refractivity contribution in [2.45, 2.75) is 51.4 Å². The largest absolute Gasteiger partial charge is 0.300 e. The van der Waals surface area contributed by atoms with Crippen molar-refractivity contribution < 1.29 is 4.79 Å². The van der Waals surface area contributed by atoms with Gasteiger partial charge in [-0.1, -0.05) is 44.7 Å². The van der Waals surface area contributed by atoms with E-state index < -0.39 is 0 Å². The minimum Gasteiger partial charge on any atom is -0.300 e. The second-order valence-electron chi connectivity index (χ2n) is 3.54. The monoisotopic (exact) mass is 326 g/mol. The number of alkyl halides is 2. The molecule has 0 atom stereocenters. The molecule has 3 heteroatoms. The molecule has 0 amide bonds. The smallest absolute Gasteiger partial charge is 0.132 e. The van der Waals surface area contributed by atoms with Crippen molar-refractivity contribution in [2.75, 3.05) is 10.7 Å². The summed E-state index contributed by atoms with van der Waals surface area (Å²) in [6, 6.07) is 0. The van der Waals surface area contributed by atoms with Crippen LogP contribution in [0, 0.1) is 0 Å². The fourth-order valence-electron chi connectivity index (χ4n) is 1.31. The van der Waals surface area contributed by atoms with Crippen molar-refractivity contribution in [3.05, 3.63) is 0 Å². The Morgan fingerprint density at radius 3 is 1.50 bits per heavy atom. The van der Waals surface area contributed by atoms with Crippen molar-refractivity contribution in [3.8, 4) is 0 Å². The highest BCUT2D eigenvalue weighted by atomic mass is 79.9. The van der Waals surface area contributed by atoms with E-state index in [4.69, 9.17) is 0 Å².